The van der Waals surface area contributed by atoms with Gasteiger partial charge in [0.05, 0.1) is 11.1 Å². The number of para-hydroxylation sites is 1. The number of nitrogens with two attached hydrogens (primary N) is 1. The smallest absolute Gasteiger partial charge is 0.405 e. The van der Waals surface area contributed by atoms with E-state index in [1.807, 2.05) is 0 Å². The van der Waals surface area contributed by atoms with Crippen molar-refractivity contribution in [3.05, 3.63) is 45.9 Å². The standard InChI is InChI=1S/C16H8BrClF3N5O/c17-10-3-1-2-9-12(10)23-15(22)26-14(9)24-13(25-26)8-5-4-7(18)6-11(8)27-16(19,20)21/h1-6H,(H2,22,23). The second-order valence-electron chi connectivity index (χ2n) is 5.47. The molecule has 0 amide bonds. The topological polar surface area (TPSA) is 78.3 Å². The van der Waals surface area contributed by atoms with Crippen molar-refractivity contribution >= 4 is 50.0 Å². The van der Waals surface area contributed by atoms with Crippen LogP contribution in [0.2, 0.25) is 5.02 Å². The number of halogens is 5. The number of nitrogen functional groups attached to an aromatic ring is 1. The Morgan fingerprint density at radius 2 is 1.93 bits per heavy atom. The molecule has 4 aromatic rings. The van der Waals surface area contributed by atoms with Gasteiger partial charge >= 0.3 is 6.36 Å². The highest BCUT2D eigenvalue weighted by Crippen LogP contribution is 2.35. The molecule has 4 rings (SSSR count). The second-order valence-corrected chi connectivity index (χ2v) is 6.76. The lowest BCUT2D eigenvalue weighted by Crippen LogP contribution is -2.17. The van der Waals surface area contributed by atoms with Crippen LogP contribution in [-0.4, -0.2) is 25.9 Å². The van der Waals surface area contributed by atoms with Gasteiger partial charge in [-0.1, -0.05) is 17.7 Å². The molecule has 2 aromatic heterocycles. The maximum absolute atomic E-state index is 12.7. The lowest BCUT2D eigenvalue weighted by Gasteiger charge is -2.11. The molecule has 0 atom stereocenters. The zero-order valence-corrected chi connectivity index (χ0v) is 15.5. The Morgan fingerprint density at radius 1 is 1.15 bits per heavy atom. The second kappa shape index (κ2) is 6.24. The fourth-order valence-electron chi connectivity index (χ4n) is 2.62. The molecule has 27 heavy (non-hydrogen) atoms. The van der Waals surface area contributed by atoms with E-state index < -0.39 is 12.1 Å². The van der Waals surface area contributed by atoms with Crippen molar-refractivity contribution in [1.29, 1.82) is 0 Å². The lowest BCUT2D eigenvalue weighted by molar-refractivity contribution is -0.274. The number of benzene rings is 2. The Bertz CT molecular complexity index is 1190. The molecular weight excluding hydrogens is 451 g/mol. The van der Waals surface area contributed by atoms with Gasteiger partial charge in [0.25, 0.3) is 0 Å². The molecule has 6 nitrogen and oxygen atoms in total. The monoisotopic (exact) mass is 457 g/mol. The number of hydrogen-bond donors (Lipinski definition) is 1. The Labute approximate surface area is 162 Å². The van der Waals surface area contributed by atoms with Gasteiger partial charge in [0.2, 0.25) is 5.95 Å². The molecule has 0 radical (unpaired) electrons. The zero-order chi connectivity index (χ0) is 19.3. The summed E-state index contributed by atoms with van der Waals surface area (Å²) in [6.07, 6.45) is -4.89. The number of alkyl halides is 3. The van der Waals surface area contributed by atoms with Crippen molar-refractivity contribution in [3.63, 3.8) is 0 Å². The summed E-state index contributed by atoms with van der Waals surface area (Å²) in [6, 6.07) is 9.14. The fraction of sp³-hybridized carbons (Fsp3) is 0.0625. The first kappa shape index (κ1) is 17.8. The lowest BCUT2D eigenvalue weighted by atomic mass is 10.2. The number of anilines is 1. The molecule has 0 saturated heterocycles. The first-order valence-electron chi connectivity index (χ1n) is 7.39. The third-order valence-corrected chi connectivity index (χ3v) is 4.56. The van der Waals surface area contributed by atoms with Gasteiger partial charge in [-0.15, -0.1) is 18.3 Å². The van der Waals surface area contributed by atoms with E-state index in [4.69, 9.17) is 17.3 Å². The minimum Gasteiger partial charge on any atom is -0.405 e. The van der Waals surface area contributed by atoms with Gasteiger partial charge in [0, 0.05) is 14.9 Å². The van der Waals surface area contributed by atoms with Crippen LogP contribution in [0.5, 0.6) is 5.75 Å². The Kier molecular flexibility index (Phi) is 4.11. The van der Waals surface area contributed by atoms with E-state index in [9.17, 15) is 13.2 Å². The van der Waals surface area contributed by atoms with Gasteiger partial charge in [0.15, 0.2) is 11.5 Å². The Morgan fingerprint density at radius 3 is 2.67 bits per heavy atom. The van der Waals surface area contributed by atoms with Crippen LogP contribution in [0.1, 0.15) is 0 Å². The highest BCUT2D eigenvalue weighted by atomic mass is 79.9. The zero-order valence-electron chi connectivity index (χ0n) is 13.1. The number of hydrogen-bond acceptors (Lipinski definition) is 5. The molecule has 11 heteroatoms. The minimum absolute atomic E-state index is 0.00751. The third kappa shape index (κ3) is 3.26. The molecule has 0 unspecified atom stereocenters. The summed E-state index contributed by atoms with van der Waals surface area (Å²) in [7, 11) is 0. The average molecular weight is 459 g/mol. The summed E-state index contributed by atoms with van der Waals surface area (Å²) in [5, 5.41) is 4.91. The van der Waals surface area contributed by atoms with Crippen LogP contribution in [0.25, 0.3) is 27.9 Å². The number of rotatable bonds is 2. The van der Waals surface area contributed by atoms with Gasteiger partial charge in [0.1, 0.15) is 5.75 Å². The molecule has 138 valence electrons. The maximum Gasteiger partial charge on any atom is 0.573 e. The average Bonchev–Trinajstić information content (AvgIpc) is 3.00. The Balaban J connectivity index is 1.97. The first-order valence-corrected chi connectivity index (χ1v) is 8.56. The van der Waals surface area contributed by atoms with Crippen molar-refractivity contribution in [3.8, 4) is 17.1 Å². The van der Waals surface area contributed by atoms with Gasteiger partial charge in [-0.05, 0) is 46.3 Å². The van der Waals surface area contributed by atoms with Crippen molar-refractivity contribution in [2.45, 2.75) is 6.36 Å². The summed E-state index contributed by atoms with van der Waals surface area (Å²) >= 11 is 9.19. The molecule has 0 fully saturated rings. The van der Waals surface area contributed by atoms with Crippen LogP contribution in [-0.2, 0) is 0 Å². The molecule has 0 aliphatic carbocycles. The maximum atomic E-state index is 12.7. The van der Waals surface area contributed by atoms with Gasteiger partial charge in [-0.25, -0.2) is 9.97 Å². The van der Waals surface area contributed by atoms with Crippen molar-refractivity contribution < 1.29 is 17.9 Å². The fourth-order valence-corrected chi connectivity index (χ4v) is 3.24. The summed E-state index contributed by atoms with van der Waals surface area (Å²) in [5.41, 5.74) is 6.87. The number of nitrogens with zero attached hydrogens (tertiary/aromatic N) is 4. The molecule has 0 spiro atoms. The van der Waals surface area contributed by atoms with E-state index in [-0.39, 0.29) is 22.4 Å². The molecule has 0 aliphatic rings. The summed E-state index contributed by atoms with van der Waals surface area (Å²) in [6.45, 7) is 0. The summed E-state index contributed by atoms with van der Waals surface area (Å²) < 4.78 is 44.3. The molecule has 0 aliphatic heterocycles. The van der Waals surface area contributed by atoms with Crippen LogP contribution in [0.15, 0.2) is 40.9 Å². The molecule has 2 heterocycles. The summed E-state index contributed by atoms with van der Waals surface area (Å²) in [4.78, 5) is 8.62. The highest BCUT2D eigenvalue weighted by Gasteiger charge is 2.33. The SMILES string of the molecule is Nc1nc2c(Br)cccc2c2nc(-c3ccc(Cl)cc3OC(F)(F)F)nn12. The quantitative estimate of drug-likeness (QED) is 0.465. The van der Waals surface area contributed by atoms with Crippen molar-refractivity contribution in [2.24, 2.45) is 0 Å². The highest BCUT2D eigenvalue weighted by molar-refractivity contribution is 9.10. The predicted octanol–water partition coefficient (Wildman–Crippen LogP) is 4.84. The van der Waals surface area contributed by atoms with Crippen molar-refractivity contribution in [1.82, 2.24) is 19.6 Å². The molecule has 2 aromatic carbocycles. The van der Waals surface area contributed by atoms with Crippen molar-refractivity contribution in [2.75, 3.05) is 5.73 Å². The van der Waals surface area contributed by atoms with Crippen LogP contribution in [0.3, 0.4) is 0 Å². The van der Waals surface area contributed by atoms with Gasteiger partial charge < -0.3 is 10.5 Å². The molecule has 2 N–H and O–H groups in total. The van der Waals surface area contributed by atoms with Gasteiger partial charge in [-0.3, -0.25) is 0 Å². The minimum atomic E-state index is -4.89. The number of ether oxygens (including phenoxy) is 1. The molecular formula is C16H8BrClF3N5O. The van der Waals surface area contributed by atoms with Crippen LogP contribution < -0.4 is 10.5 Å². The van der Waals surface area contributed by atoms with E-state index in [0.717, 1.165) is 6.07 Å². The van der Waals surface area contributed by atoms with Crippen LogP contribution in [0, 0.1) is 0 Å². The first-order chi connectivity index (χ1) is 12.7. The largest absolute Gasteiger partial charge is 0.573 e. The Hall–Kier alpha value is -2.59. The van der Waals surface area contributed by atoms with Gasteiger partial charge in [-0.2, -0.15) is 4.52 Å². The molecule has 0 bridgehead atoms. The number of aromatic nitrogens is 4. The van der Waals surface area contributed by atoms with E-state index in [1.165, 1.54) is 16.6 Å². The summed E-state index contributed by atoms with van der Waals surface area (Å²) in [5.74, 6) is -0.481. The number of fused-ring (bicyclic) bond motifs is 3. The van der Waals surface area contributed by atoms with Crippen LogP contribution >= 0.6 is 27.5 Å². The van der Waals surface area contributed by atoms with E-state index in [2.05, 4.69) is 35.7 Å². The third-order valence-electron chi connectivity index (χ3n) is 3.69. The van der Waals surface area contributed by atoms with E-state index in [0.29, 0.717) is 21.0 Å². The normalized spacial score (nSPS) is 12.0. The molecule has 0 saturated carbocycles. The van der Waals surface area contributed by atoms with E-state index in [1.54, 1.807) is 18.2 Å². The van der Waals surface area contributed by atoms with Crippen LogP contribution in [0.4, 0.5) is 19.1 Å². The predicted molar refractivity (Wildman–Crippen MR) is 97.5 cm³/mol. The van der Waals surface area contributed by atoms with E-state index >= 15 is 0 Å².